The summed E-state index contributed by atoms with van der Waals surface area (Å²) in [5.74, 6) is -1.21. The smallest absolute Gasteiger partial charge is 0.305 e. The van der Waals surface area contributed by atoms with Crippen LogP contribution < -0.4 is 0 Å². The molecule has 0 saturated carbocycles. The van der Waals surface area contributed by atoms with Crippen LogP contribution in [0.1, 0.15) is 37.7 Å². The lowest BCUT2D eigenvalue weighted by Crippen LogP contribution is -2.46. The second-order valence-electron chi connectivity index (χ2n) is 4.56. The van der Waals surface area contributed by atoms with Crippen LogP contribution in [0.15, 0.2) is 5.38 Å². The largest absolute Gasteiger partial charge is 0.481 e. The number of carboxylic acids is 1. The number of hydrogen-bond acceptors (Lipinski definition) is 5. The van der Waals surface area contributed by atoms with E-state index < -0.39 is 11.5 Å². The number of hydrogen-bond donors (Lipinski definition) is 1. The molecule has 0 aliphatic rings. The Labute approximate surface area is 103 Å². The van der Waals surface area contributed by atoms with Crippen molar-refractivity contribution in [2.45, 2.75) is 32.7 Å². The minimum absolute atomic E-state index is 0.0828. The molecule has 17 heavy (non-hydrogen) atoms. The number of carbonyl (C=O) groups is 2. The molecule has 0 fully saturated rings. The van der Waals surface area contributed by atoms with Crippen molar-refractivity contribution in [3.8, 4) is 0 Å². The fourth-order valence-electron chi connectivity index (χ4n) is 1.35. The highest BCUT2D eigenvalue weighted by molar-refractivity contribution is 7.03. The zero-order valence-electron chi connectivity index (χ0n) is 10.0. The van der Waals surface area contributed by atoms with Gasteiger partial charge in [0.05, 0.1) is 6.42 Å². The molecule has 0 bridgehead atoms. The van der Waals surface area contributed by atoms with Crippen molar-refractivity contribution < 1.29 is 14.7 Å². The van der Waals surface area contributed by atoms with E-state index in [1.54, 1.807) is 5.38 Å². The molecular weight excluding hydrogens is 242 g/mol. The lowest BCUT2D eigenvalue weighted by Gasteiger charge is -2.34. The molecule has 1 aromatic heterocycles. The van der Waals surface area contributed by atoms with Gasteiger partial charge in [-0.1, -0.05) is 4.49 Å². The first-order valence-electron chi connectivity index (χ1n) is 5.13. The monoisotopic (exact) mass is 257 g/mol. The Morgan fingerprint density at radius 1 is 1.47 bits per heavy atom. The quantitative estimate of drug-likeness (QED) is 0.877. The summed E-state index contributed by atoms with van der Waals surface area (Å²) in [6, 6.07) is 0. The van der Waals surface area contributed by atoms with Crippen molar-refractivity contribution in [1.82, 2.24) is 14.5 Å². The summed E-state index contributed by atoms with van der Waals surface area (Å²) in [4.78, 5) is 24.2. The van der Waals surface area contributed by atoms with Gasteiger partial charge in [0.25, 0.3) is 5.91 Å². The van der Waals surface area contributed by atoms with Crippen LogP contribution in [0.25, 0.3) is 0 Å². The maximum Gasteiger partial charge on any atom is 0.305 e. The molecule has 0 unspecified atom stereocenters. The number of aromatic nitrogens is 2. The lowest BCUT2D eigenvalue weighted by molar-refractivity contribution is -0.137. The third-order valence-corrected chi connectivity index (χ3v) is 2.69. The average molecular weight is 257 g/mol. The zero-order valence-corrected chi connectivity index (χ0v) is 10.8. The van der Waals surface area contributed by atoms with Crippen LogP contribution in [0.3, 0.4) is 0 Å². The maximum absolute atomic E-state index is 12.1. The first-order chi connectivity index (χ1) is 7.82. The second kappa shape index (κ2) is 5.22. The molecule has 0 spiro atoms. The highest BCUT2D eigenvalue weighted by atomic mass is 32.1. The van der Waals surface area contributed by atoms with Crippen LogP contribution >= 0.6 is 11.5 Å². The molecule has 0 aromatic carbocycles. The van der Waals surface area contributed by atoms with Gasteiger partial charge >= 0.3 is 5.97 Å². The van der Waals surface area contributed by atoms with E-state index in [0.717, 1.165) is 11.5 Å². The topological polar surface area (TPSA) is 83.4 Å². The van der Waals surface area contributed by atoms with E-state index >= 15 is 0 Å². The van der Waals surface area contributed by atoms with Gasteiger partial charge in [0, 0.05) is 17.5 Å². The minimum Gasteiger partial charge on any atom is -0.481 e. The van der Waals surface area contributed by atoms with E-state index in [-0.39, 0.29) is 24.6 Å². The lowest BCUT2D eigenvalue weighted by atomic mass is 10.0. The fourth-order valence-corrected chi connectivity index (χ4v) is 1.78. The fraction of sp³-hybridized carbons (Fsp3) is 0.600. The molecule has 0 aliphatic carbocycles. The van der Waals surface area contributed by atoms with Crippen LogP contribution in [0.4, 0.5) is 0 Å². The summed E-state index contributed by atoms with van der Waals surface area (Å²) in [6.07, 6.45) is -0.0828. The van der Waals surface area contributed by atoms with Crippen LogP contribution in [-0.4, -0.2) is 43.6 Å². The van der Waals surface area contributed by atoms with Crippen molar-refractivity contribution in [3.63, 3.8) is 0 Å². The Hall–Kier alpha value is -1.50. The Morgan fingerprint density at radius 3 is 2.53 bits per heavy atom. The van der Waals surface area contributed by atoms with Gasteiger partial charge in [0.1, 0.15) is 0 Å². The Morgan fingerprint density at radius 2 is 2.12 bits per heavy atom. The maximum atomic E-state index is 12.1. The summed E-state index contributed by atoms with van der Waals surface area (Å²) in [7, 11) is 0. The Balaban J connectivity index is 2.84. The van der Waals surface area contributed by atoms with E-state index in [9.17, 15) is 9.59 Å². The van der Waals surface area contributed by atoms with Crippen molar-refractivity contribution in [2.24, 2.45) is 0 Å². The van der Waals surface area contributed by atoms with Crippen LogP contribution in [-0.2, 0) is 4.79 Å². The number of aliphatic carboxylic acids is 1. The third kappa shape index (κ3) is 3.77. The first kappa shape index (κ1) is 13.6. The number of nitrogens with zero attached hydrogens (tertiary/aromatic N) is 3. The highest BCUT2D eigenvalue weighted by Gasteiger charge is 2.28. The summed E-state index contributed by atoms with van der Waals surface area (Å²) in [6.45, 7) is 5.72. The molecule has 0 atom stereocenters. The normalized spacial score (nSPS) is 11.2. The van der Waals surface area contributed by atoms with Crippen molar-refractivity contribution in [1.29, 1.82) is 0 Å². The average Bonchev–Trinajstić information content (AvgIpc) is 2.67. The van der Waals surface area contributed by atoms with E-state index in [4.69, 9.17) is 5.11 Å². The van der Waals surface area contributed by atoms with Crippen LogP contribution in [0.5, 0.6) is 0 Å². The second-order valence-corrected chi connectivity index (χ2v) is 5.17. The molecule has 1 amide bonds. The Bertz CT molecular complexity index is 397. The van der Waals surface area contributed by atoms with Crippen LogP contribution in [0, 0.1) is 0 Å². The van der Waals surface area contributed by atoms with Crippen molar-refractivity contribution in [2.75, 3.05) is 6.54 Å². The van der Waals surface area contributed by atoms with Gasteiger partial charge in [-0.25, -0.2) is 0 Å². The van der Waals surface area contributed by atoms with Gasteiger partial charge < -0.3 is 10.0 Å². The van der Waals surface area contributed by atoms with Crippen molar-refractivity contribution in [3.05, 3.63) is 11.1 Å². The highest BCUT2D eigenvalue weighted by Crippen LogP contribution is 2.17. The van der Waals surface area contributed by atoms with Gasteiger partial charge in [0.15, 0.2) is 5.69 Å². The molecule has 6 nitrogen and oxygen atoms in total. The van der Waals surface area contributed by atoms with Gasteiger partial charge in [-0.15, -0.1) is 5.10 Å². The molecule has 7 heteroatoms. The summed E-state index contributed by atoms with van der Waals surface area (Å²) >= 11 is 1.10. The van der Waals surface area contributed by atoms with E-state index in [2.05, 4.69) is 9.59 Å². The zero-order chi connectivity index (χ0) is 13.1. The number of carbonyl (C=O) groups excluding carboxylic acids is 1. The van der Waals surface area contributed by atoms with E-state index in [1.807, 2.05) is 20.8 Å². The number of carboxylic acid groups (broad SMARTS) is 1. The molecule has 0 aliphatic heterocycles. The molecule has 1 rings (SSSR count). The molecule has 1 heterocycles. The predicted octanol–water partition coefficient (Wildman–Crippen LogP) is 1.25. The minimum atomic E-state index is -0.927. The van der Waals surface area contributed by atoms with Gasteiger partial charge in [-0.2, -0.15) is 0 Å². The molecule has 1 aromatic rings. The summed E-state index contributed by atoms with van der Waals surface area (Å²) in [5, 5.41) is 13.9. The summed E-state index contributed by atoms with van der Waals surface area (Å²) in [5.41, 5.74) is -0.189. The molecule has 1 N–H and O–H groups in total. The molecular formula is C10H15N3O3S. The summed E-state index contributed by atoms with van der Waals surface area (Å²) < 4.78 is 3.63. The number of rotatable bonds is 4. The molecule has 94 valence electrons. The van der Waals surface area contributed by atoms with Crippen molar-refractivity contribution >= 4 is 23.4 Å². The SMILES string of the molecule is CC(C)(C)N(CCC(=O)O)C(=O)c1csnn1. The molecule has 0 saturated heterocycles. The van der Waals surface area contributed by atoms with E-state index in [0.29, 0.717) is 0 Å². The first-order valence-corrected chi connectivity index (χ1v) is 5.97. The van der Waals surface area contributed by atoms with Crippen LogP contribution in [0.2, 0.25) is 0 Å². The Kier molecular flexibility index (Phi) is 4.17. The van der Waals surface area contributed by atoms with Gasteiger partial charge in [-0.3, -0.25) is 9.59 Å². The van der Waals surface area contributed by atoms with Gasteiger partial charge in [-0.05, 0) is 32.3 Å². The predicted molar refractivity (Wildman–Crippen MR) is 63.0 cm³/mol. The molecule has 0 radical (unpaired) electrons. The van der Waals surface area contributed by atoms with Gasteiger partial charge in [0.2, 0.25) is 0 Å². The standard InChI is InChI=1S/C10H15N3O3S/c1-10(2,3)13(5-4-8(14)15)9(16)7-6-17-12-11-7/h6H,4-5H2,1-3H3,(H,14,15). The van der Waals surface area contributed by atoms with E-state index in [1.165, 1.54) is 4.90 Å². The number of amides is 1. The third-order valence-electron chi connectivity index (χ3n) is 2.18.